The summed E-state index contributed by atoms with van der Waals surface area (Å²) in [5.41, 5.74) is 8.71. The van der Waals surface area contributed by atoms with Gasteiger partial charge in [-0.05, 0) is 48.7 Å². The molecule has 1 atom stereocenters. The SMILES string of the molecule is N#CC1=C(N)N(c2ccc(Br)cc2F)C2=C(C(=O)CCC2)[C@H]1c1ccc2c(c1)OCO2. The Labute approximate surface area is 186 Å². The minimum absolute atomic E-state index is 0.0633. The molecule has 31 heavy (non-hydrogen) atoms. The van der Waals surface area contributed by atoms with Crippen molar-refractivity contribution in [3.63, 3.8) is 0 Å². The van der Waals surface area contributed by atoms with Crippen LogP contribution in [0.25, 0.3) is 0 Å². The fourth-order valence-corrected chi connectivity index (χ4v) is 4.78. The van der Waals surface area contributed by atoms with Crippen LogP contribution in [0, 0.1) is 17.1 Å². The Morgan fingerprint density at radius 3 is 2.74 bits per heavy atom. The third kappa shape index (κ3) is 3.08. The molecule has 0 saturated carbocycles. The Bertz CT molecular complexity index is 1230. The smallest absolute Gasteiger partial charge is 0.231 e. The first-order chi connectivity index (χ1) is 15.0. The maximum absolute atomic E-state index is 14.9. The molecule has 0 unspecified atom stereocenters. The molecule has 0 aromatic heterocycles. The Hall–Kier alpha value is -3.31. The van der Waals surface area contributed by atoms with Gasteiger partial charge in [-0.1, -0.05) is 22.0 Å². The van der Waals surface area contributed by atoms with E-state index in [1.807, 2.05) is 6.07 Å². The molecular weight excluding hydrogens is 465 g/mol. The number of rotatable bonds is 2. The second-order valence-corrected chi connectivity index (χ2v) is 8.44. The second kappa shape index (κ2) is 7.43. The maximum Gasteiger partial charge on any atom is 0.231 e. The molecule has 2 aromatic carbocycles. The Morgan fingerprint density at radius 1 is 1.16 bits per heavy atom. The maximum atomic E-state index is 14.9. The van der Waals surface area contributed by atoms with Crippen LogP contribution in [0.2, 0.25) is 0 Å². The number of hydrogen-bond donors (Lipinski definition) is 1. The third-order valence-corrected chi connectivity index (χ3v) is 6.29. The molecule has 2 N–H and O–H groups in total. The highest BCUT2D eigenvalue weighted by atomic mass is 79.9. The summed E-state index contributed by atoms with van der Waals surface area (Å²) >= 11 is 3.26. The number of nitriles is 1. The zero-order valence-corrected chi connectivity index (χ0v) is 17.9. The second-order valence-electron chi connectivity index (χ2n) is 7.52. The summed E-state index contributed by atoms with van der Waals surface area (Å²) in [6.45, 7) is 0.121. The number of fused-ring (bicyclic) bond motifs is 1. The van der Waals surface area contributed by atoms with Gasteiger partial charge < -0.3 is 15.2 Å². The van der Waals surface area contributed by atoms with E-state index in [1.165, 1.54) is 11.0 Å². The van der Waals surface area contributed by atoms with E-state index in [9.17, 15) is 14.4 Å². The predicted molar refractivity (Wildman–Crippen MR) is 115 cm³/mol. The molecule has 0 spiro atoms. The number of anilines is 1. The molecule has 5 rings (SSSR count). The quantitative estimate of drug-likeness (QED) is 0.672. The van der Waals surface area contributed by atoms with Gasteiger partial charge in [-0.15, -0.1) is 0 Å². The molecule has 2 aromatic rings. The first kappa shape index (κ1) is 19.6. The normalized spacial score (nSPS) is 20.1. The van der Waals surface area contributed by atoms with Gasteiger partial charge in [0, 0.05) is 22.2 Å². The number of ether oxygens (including phenoxy) is 2. The lowest BCUT2D eigenvalue weighted by molar-refractivity contribution is -0.116. The summed E-state index contributed by atoms with van der Waals surface area (Å²) in [7, 11) is 0. The molecule has 2 heterocycles. The van der Waals surface area contributed by atoms with Gasteiger partial charge in [-0.25, -0.2) is 4.39 Å². The summed E-state index contributed by atoms with van der Waals surface area (Å²) in [4.78, 5) is 14.6. The number of nitrogens with two attached hydrogens (primary N) is 1. The molecule has 156 valence electrons. The number of Topliss-reactive ketones (excluding diaryl/α,β-unsaturated/α-hetero) is 1. The van der Waals surface area contributed by atoms with Crippen LogP contribution in [0.5, 0.6) is 11.5 Å². The molecule has 0 saturated heterocycles. The summed E-state index contributed by atoms with van der Waals surface area (Å²) in [6.07, 6.45) is 1.56. The van der Waals surface area contributed by atoms with Crippen LogP contribution in [0.4, 0.5) is 10.1 Å². The summed E-state index contributed by atoms with van der Waals surface area (Å²) in [6, 6.07) is 12.2. The highest BCUT2D eigenvalue weighted by molar-refractivity contribution is 9.10. The van der Waals surface area contributed by atoms with Crippen LogP contribution >= 0.6 is 15.9 Å². The molecule has 3 aliphatic rings. The van der Waals surface area contributed by atoms with Crippen LogP contribution in [0.3, 0.4) is 0 Å². The van der Waals surface area contributed by atoms with E-state index in [0.717, 1.165) is 0 Å². The number of ketones is 1. The zero-order valence-electron chi connectivity index (χ0n) is 16.3. The van der Waals surface area contributed by atoms with Gasteiger partial charge in [0.25, 0.3) is 0 Å². The van der Waals surface area contributed by atoms with Gasteiger partial charge in [0.05, 0.1) is 23.2 Å². The molecule has 2 aliphatic heterocycles. The number of carbonyl (C=O) groups excluding carboxylic acids is 1. The average Bonchev–Trinajstić information content (AvgIpc) is 3.22. The van der Waals surface area contributed by atoms with Gasteiger partial charge in [-0.3, -0.25) is 9.69 Å². The van der Waals surface area contributed by atoms with E-state index < -0.39 is 11.7 Å². The van der Waals surface area contributed by atoms with Gasteiger partial charge >= 0.3 is 0 Å². The minimum atomic E-state index is -0.642. The van der Waals surface area contributed by atoms with Crippen molar-refractivity contribution in [1.82, 2.24) is 0 Å². The van der Waals surface area contributed by atoms with Crippen LogP contribution in [-0.4, -0.2) is 12.6 Å². The van der Waals surface area contributed by atoms with E-state index in [2.05, 4.69) is 22.0 Å². The summed E-state index contributed by atoms with van der Waals surface area (Å²) < 4.78 is 26.4. The van der Waals surface area contributed by atoms with Crippen molar-refractivity contribution in [3.8, 4) is 17.6 Å². The van der Waals surface area contributed by atoms with Crippen molar-refractivity contribution >= 4 is 27.4 Å². The Morgan fingerprint density at radius 2 is 1.97 bits per heavy atom. The highest BCUT2D eigenvalue weighted by Crippen LogP contribution is 2.48. The molecule has 0 amide bonds. The summed E-state index contributed by atoms with van der Waals surface area (Å²) in [5.74, 6) is 0.0857. The van der Waals surface area contributed by atoms with Crippen molar-refractivity contribution < 1.29 is 18.7 Å². The molecule has 6 nitrogen and oxygen atoms in total. The lowest BCUT2D eigenvalue weighted by Crippen LogP contribution is -2.39. The van der Waals surface area contributed by atoms with E-state index in [-0.39, 0.29) is 29.7 Å². The van der Waals surface area contributed by atoms with Crippen LogP contribution in [-0.2, 0) is 4.79 Å². The standard InChI is InChI=1S/C23H17BrFN3O3/c24-13-5-6-16(15(25)9-13)28-17-2-1-3-18(29)22(17)21(14(10-26)23(28)27)12-4-7-19-20(8-12)31-11-30-19/h4-9,21H,1-3,11,27H2/t21-/m0/s1. The lowest BCUT2D eigenvalue weighted by Gasteiger charge is -2.39. The van der Waals surface area contributed by atoms with Gasteiger partial charge in [0.15, 0.2) is 17.3 Å². The van der Waals surface area contributed by atoms with E-state index in [4.69, 9.17) is 15.2 Å². The minimum Gasteiger partial charge on any atom is -0.454 e. The number of carbonyl (C=O) groups is 1. The number of benzene rings is 2. The first-order valence-corrected chi connectivity index (χ1v) is 10.6. The fourth-order valence-electron chi connectivity index (χ4n) is 4.45. The van der Waals surface area contributed by atoms with Crippen LogP contribution in [0.1, 0.15) is 30.7 Å². The van der Waals surface area contributed by atoms with Gasteiger partial charge in [0.2, 0.25) is 6.79 Å². The number of allylic oxidation sites excluding steroid dienone is 3. The molecule has 0 radical (unpaired) electrons. The lowest BCUT2D eigenvalue weighted by atomic mass is 9.75. The topological polar surface area (TPSA) is 88.6 Å². The predicted octanol–water partition coefficient (Wildman–Crippen LogP) is 4.62. The number of nitrogens with zero attached hydrogens (tertiary/aromatic N) is 2. The van der Waals surface area contributed by atoms with Crippen molar-refractivity contribution in [2.75, 3.05) is 11.7 Å². The Balaban J connectivity index is 1.73. The first-order valence-electron chi connectivity index (χ1n) is 9.80. The number of halogens is 2. The van der Waals surface area contributed by atoms with Crippen molar-refractivity contribution in [2.45, 2.75) is 25.2 Å². The molecule has 0 fully saturated rings. The van der Waals surface area contributed by atoms with E-state index in [0.29, 0.717) is 52.1 Å². The molecular formula is C23H17BrFN3O3. The monoisotopic (exact) mass is 481 g/mol. The largest absolute Gasteiger partial charge is 0.454 e. The van der Waals surface area contributed by atoms with Crippen molar-refractivity contribution in [2.24, 2.45) is 5.73 Å². The third-order valence-electron chi connectivity index (χ3n) is 5.79. The Kier molecular flexibility index (Phi) is 4.71. The summed E-state index contributed by atoms with van der Waals surface area (Å²) in [5, 5.41) is 10.0. The van der Waals surface area contributed by atoms with Crippen LogP contribution < -0.4 is 20.1 Å². The molecule has 1 aliphatic carbocycles. The zero-order chi connectivity index (χ0) is 21.7. The van der Waals surface area contributed by atoms with Crippen molar-refractivity contribution in [3.05, 3.63) is 74.9 Å². The van der Waals surface area contributed by atoms with Crippen molar-refractivity contribution in [1.29, 1.82) is 5.26 Å². The van der Waals surface area contributed by atoms with Gasteiger partial charge in [-0.2, -0.15) is 5.26 Å². The van der Waals surface area contributed by atoms with Crippen LogP contribution in [0.15, 0.2) is 63.5 Å². The van der Waals surface area contributed by atoms with E-state index in [1.54, 1.807) is 24.3 Å². The van der Waals surface area contributed by atoms with E-state index >= 15 is 0 Å². The average molecular weight is 482 g/mol. The fraction of sp³-hybridized carbons (Fsp3) is 0.217. The molecule has 0 bridgehead atoms. The number of hydrogen-bond acceptors (Lipinski definition) is 6. The molecule has 8 heteroatoms. The van der Waals surface area contributed by atoms with Gasteiger partial charge in [0.1, 0.15) is 11.6 Å². The highest BCUT2D eigenvalue weighted by Gasteiger charge is 2.41.